The Morgan fingerprint density at radius 2 is 2.00 bits per heavy atom. The molecule has 4 N–H and O–H groups in total. The highest BCUT2D eigenvalue weighted by molar-refractivity contribution is 5.86. The molecule has 0 fully saturated rings. The number of allylic oxidation sites excluding steroid dienone is 3. The van der Waals surface area contributed by atoms with E-state index in [0.717, 1.165) is 5.56 Å². The first-order chi connectivity index (χ1) is 11.1. The zero-order valence-corrected chi connectivity index (χ0v) is 13.1. The lowest BCUT2D eigenvalue weighted by Crippen LogP contribution is -2.14. The summed E-state index contributed by atoms with van der Waals surface area (Å²) in [4.78, 5) is 10.7. The van der Waals surface area contributed by atoms with Crippen molar-refractivity contribution in [3.63, 3.8) is 0 Å². The Balaban J connectivity index is 2.49. The summed E-state index contributed by atoms with van der Waals surface area (Å²) in [5.41, 5.74) is 2.29. The van der Waals surface area contributed by atoms with E-state index >= 15 is 0 Å². The van der Waals surface area contributed by atoms with Crippen LogP contribution in [0.25, 0.3) is 0 Å². The van der Waals surface area contributed by atoms with Crippen LogP contribution in [0.5, 0.6) is 5.75 Å². The Labute approximate surface area is 135 Å². The molecule has 0 aliphatic rings. The number of nitrogens with one attached hydrogen (secondary N) is 1. The number of hydrogen-bond donors (Lipinski definition) is 4. The molecule has 2 atom stereocenters. The predicted octanol–water partition coefficient (Wildman–Crippen LogP) is 1.74. The lowest BCUT2D eigenvalue weighted by Gasteiger charge is -2.18. The Kier molecular flexibility index (Phi) is 8.67. The van der Waals surface area contributed by atoms with E-state index in [1.807, 2.05) is 13.0 Å². The third-order valence-electron chi connectivity index (χ3n) is 3.23. The first-order valence-corrected chi connectivity index (χ1v) is 7.37. The maximum Gasteiger partial charge on any atom is 0.267 e. The Hall–Kier alpha value is -2.15. The van der Waals surface area contributed by atoms with Gasteiger partial charge in [0.1, 0.15) is 12.4 Å². The van der Waals surface area contributed by atoms with Crippen molar-refractivity contribution in [1.82, 2.24) is 5.48 Å². The van der Waals surface area contributed by atoms with Crippen LogP contribution in [0.3, 0.4) is 0 Å². The summed E-state index contributed by atoms with van der Waals surface area (Å²) in [5.74, 6) is 0.0524. The lowest BCUT2D eigenvalue weighted by atomic mass is 9.94. The summed E-state index contributed by atoms with van der Waals surface area (Å²) >= 11 is 0. The highest BCUT2D eigenvalue weighted by atomic mass is 16.5. The molecule has 0 spiro atoms. The summed E-state index contributed by atoms with van der Waals surface area (Å²) in [7, 11) is 0. The SMILES string of the molecule is C[C@@H](C/C=C/C=C/C(=O)NO)[C@@H](O)c1ccc(OCCO)cc1. The van der Waals surface area contributed by atoms with Crippen molar-refractivity contribution in [2.75, 3.05) is 13.2 Å². The van der Waals surface area contributed by atoms with Crippen LogP contribution in [-0.4, -0.2) is 34.5 Å². The van der Waals surface area contributed by atoms with Crippen LogP contribution in [0.1, 0.15) is 25.0 Å². The van der Waals surface area contributed by atoms with Gasteiger partial charge in [0, 0.05) is 6.08 Å². The molecule has 1 aromatic rings. The number of rotatable bonds is 9. The molecule has 1 aromatic carbocycles. The molecule has 6 nitrogen and oxygen atoms in total. The zero-order valence-electron chi connectivity index (χ0n) is 13.1. The third kappa shape index (κ3) is 7.10. The normalized spacial score (nSPS) is 14.1. The second kappa shape index (κ2) is 10.6. The molecule has 1 rings (SSSR count). The highest BCUT2D eigenvalue weighted by Crippen LogP contribution is 2.26. The van der Waals surface area contributed by atoms with Gasteiger partial charge in [-0.05, 0) is 30.0 Å². The van der Waals surface area contributed by atoms with Crippen molar-refractivity contribution in [2.45, 2.75) is 19.4 Å². The van der Waals surface area contributed by atoms with E-state index in [4.69, 9.17) is 15.1 Å². The summed E-state index contributed by atoms with van der Waals surface area (Å²) in [5, 5.41) is 27.3. The molecule has 0 heterocycles. The van der Waals surface area contributed by atoms with Crippen molar-refractivity contribution in [2.24, 2.45) is 5.92 Å². The largest absolute Gasteiger partial charge is 0.491 e. The minimum Gasteiger partial charge on any atom is -0.491 e. The fraction of sp³-hybridized carbons (Fsp3) is 0.353. The van der Waals surface area contributed by atoms with Gasteiger partial charge < -0.3 is 14.9 Å². The maximum absolute atomic E-state index is 10.7. The minimum atomic E-state index is -0.615. The smallest absolute Gasteiger partial charge is 0.267 e. The number of carbonyl (C=O) groups excluding carboxylic acids is 1. The summed E-state index contributed by atoms with van der Waals surface area (Å²) in [6.45, 7) is 2.13. The van der Waals surface area contributed by atoms with Gasteiger partial charge in [0.05, 0.1) is 12.7 Å². The fourth-order valence-electron chi connectivity index (χ4n) is 1.93. The van der Waals surface area contributed by atoms with Crippen LogP contribution in [0.4, 0.5) is 0 Å². The summed E-state index contributed by atoms with van der Waals surface area (Å²) in [6.07, 6.45) is 6.25. The standard InChI is InChI=1S/C17H23NO5/c1-13(5-3-2-4-6-16(20)18-22)17(21)14-7-9-15(10-8-14)23-12-11-19/h2-4,6-10,13,17,19,21-22H,5,11-12H2,1H3,(H,18,20)/b3-2+,6-4+/t13-,17+/m0/s1. The number of benzene rings is 1. The van der Waals surface area contributed by atoms with Crippen LogP contribution < -0.4 is 10.2 Å². The minimum absolute atomic E-state index is 0.00414. The number of carbonyl (C=O) groups is 1. The molecule has 0 bridgehead atoms. The molecule has 0 unspecified atom stereocenters. The second-order valence-corrected chi connectivity index (χ2v) is 5.06. The topological polar surface area (TPSA) is 99.0 Å². The van der Waals surface area contributed by atoms with E-state index in [1.165, 1.54) is 17.6 Å². The first kappa shape index (κ1) is 18.9. The molecule has 0 aromatic heterocycles. The van der Waals surface area contributed by atoms with Gasteiger partial charge in [0.15, 0.2) is 0 Å². The van der Waals surface area contributed by atoms with Crippen LogP contribution in [0, 0.1) is 5.92 Å². The van der Waals surface area contributed by atoms with E-state index < -0.39 is 12.0 Å². The monoisotopic (exact) mass is 321 g/mol. The van der Waals surface area contributed by atoms with Gasteiger partial charge in [-0.1, -0.05) is 37.3 Å². The van der Waals surface area contributed by atoms with Crippen LogP contribution in [-0.2, 0) is 4.79 Å². The second-order valence-electron chi connectivity index (χ2n) is 5.06. The molecule has 0 saturated heterocycles. The predicted molar refractivity (Wildman–Crippen MR) is 86.0 cm³/mol. The average molecular weight is 321 g/mol. The van der Waals surface area contributed by atoms with Gasteiger partial charge in [-0.3, -0.25) is 10.0 Å². The van der Waals surface area contributed by atoms with Gasteiger partial charge in [-0.15, -0.1) is 0 Å². The van der Waals surface area contributed by atoms with E-state index in [1.54, 1.807) is 30.3 Å². The third-order valence-corrected chi connectivity index (χ3v) is 3.23. The molecule has 23 heavy (non-hydrogen) atoms. The summed E-state index contributed by atoms with van der Waals surface area (Å²) in [6, 6.07) is 7.10. The Bertz CT molecular complexity index is 524. The van der Waals surface area contributed by atoms with E-state index in [9.17, 15) is 9.90 Å². The molecule has 0 radical (unpaired) electrons. The van der Waals surface area contributed by atoms with Gasteiger partial charge in [-0.2, -0.15) is 0 Å². The van der Waals surface area contributed by atoms with Gasteiger partial charge in [0.2, 0.25) is 0 Å². The number of amides is 1. The molecule has 6 heteroatoms. The molecule has 0 saturated carbocycles. The number of hydrogen-bond acceptors (Lipinski definition) is 5. The van der Waals surface area contributed by atoms with Gasteiger partial charge in [-0.25, -0.2) is 5.48 Å². The van der Waals surface area contributed by atoms with Gasteiger partial charge in [0.25, 0.3) is 5.91 Å². The molecular weight excluding hydrogens is 298 g/mol. The van der Waals surface area contributed by atoms with Crippen molar-refractivity contribution in [3.8, 4) is 5.75 Å². The van der Waals surface area contributed by atoms with E-state index in [0.29, 0.717) is 12.2 Å². The molecule has 0 aliphatic carbocycles. The number of hydroxylamine groups is 1. The van der Waals surface area contributed by atoms with Crippen LogP contribution >= 0.6 is 0 Å². The number of ether oxygens (including phenoxy) is 1. The quantitative estimate of drug-likeness (QED) is 0.240. The molecular formula is C17H23NO5. The van der Waals surface area contributed by atoms with Crippen LogP contribution in [0.2, 0.25) is 0 Å². The molecule has 126 valence electrons. The van der Waals surface area contributed by atoms with Crippen LogP contribution in [0.15, 0.2) is 48.6 Å². The average Bonchev–Trinajstić information content (AvgIpc) is 2.58. The highest BCUT2D eigenvalue weighted by Gasteiger charge is 2.15. The van der Waals surface area contributed by atoms with E-state index in [-0.39, 0.29) is 19.1 Å². The Morgan fingerprint density at radius 1 is 1.30 bits per heavy atom. The van der Waals surface area contributed by atoms with Crippen molar-refractivity contribution in [1.29, 1.82) is 0 Å². The maximum atomic E-state index is 10.7. The number of aliphatic hydroxyl groups excluding tert-OH is 2. The van der Waals surface area contributed by atoms with Gasteiger partial charge >= 0.3 is 0 Å². The first-order valence-electron chi connectivity index (χ1n) is 7.37. The van der Waals surface area contributed by atoms with Crippen molar-refractivity contribution < 1.29 is 25.0 Å². The number of aliphatic hydroxyl groups is 2. The fourth-order valence-corrected chi connectivity index (χ4v) is 1.93. The van der Waals surface area contributed by atoms with E-state index in [2.05, 4.69) is 0 Å². The molecule has 0 aliphatic heterocycles. The zero-order chi connectivity index (χ0) is 17.1. The lowest BCUT2D eigenvalue weighted by molar-refractivity contribution is -0.124. The molecule has 1 amide bonds. The van der Waals surface area contributed by atoms with Crippen molar-refractivity contribution in [3.05, 3.63) is 54.1 Å². The summed E-state index contributed by atoms with van der Waals surface area (Å²) < 4.78 is 5.27. The van der Waals surface area contributed by atoms with Crippen molar-refractivity contribution >= 4 is 5.91 Å². The Morgan fingerprint density at radius 3 is 2.61 bits per heavy atom.